The summed E-state index contributed by atoms with van der Waals surface area (Å²) < 4.78 is 0. The van der Waals surface area contributed by atoms with Crippen molar-refractivity contribution in [3.63, 3.8) is 0 Å². The van der Waals surface area contributed by atoms with Crippen LogP contribution in [-0.4, -0.2) is 18.9 Å². The molecule has 2 rings (SSSR count). The molecule has 0 bridgehead atoms. The second kappa shape index (κ2) is 7.41. The number of aryl methyl sites for hydroxylation is 2. The van der Waals surface area contributed by atoms with Crippen molar-refractivity contribution in [2.24, 2.45) is 0 Å². The number of rotatable bonds is 7. The van der Waals surface area contributed by atoms with Gasteiger partial charge in [0.25, 0.3) is 0 Å². The standard InChI is InChI=1S/C18H23NOS/c1-4-5-11-19(16-9-7-6-8-10-16)13-18(20)17-12-14(2)21-15(17)3/h6-10,12H,4-5,11,13H2,1-3H3. The van der Waals surface area contributed by atoms with Gasteiger partial charge in [-0.1, -0.05) is 31.5 Å². The summed E-state index contributed by atoms with van der Waals surface area (Å²) in [7, 11) is 0. The number of thiophene rings is 1. The smallest absolute Gasteiger partial charge is 0.183 e. The fourth-order valence-corrected chi connectivity index (χ4v) is 3.40. The maximum Gasteiger partial charge on any atom is 0.183 e. The highest BCUT2D eigenvalue weighted by Gasteiger charge is 2.16. The van der Waals surface area contributed by atoms with Crippen molar-refractivity contribution in [1.82, 2.24) is 0 Å². The van der Waals surface area contributed by atoms with Crippen LogP contribution < -0.4 is 4.90 Å². The number of carbonyl (C=O) groups is 1. The summed E-state index contributed by atoms with van der Waals surface area (Å²) in [6, 6.07) is 12.2. The Bertz CT molecular complexity index is 589. The fraction of sp³-hybridized carbons (Fsp3) is 0.389. The average molecular weight is 301 g/mol. The number of hydrogen-bond acceptors (Lipinski definition) is 3. The van der Waals surface area contributed by atoms with Gasteiger partial charge in [0.15, 0.2) is 5.78 Å². The van der Waals surface area contributed by atoms with Crippen LogP contribution >= 0.6 is 11.3 Å². The molecular weight excluding hydrogens is 278 g/mol. The van der Waals surface area contributed by atoms with Gasteiger partial charge in [-0.25, -0.2) is 0 Å². The first-order valence-corrected chi connectivity index (χ1v) is 8.33. The van der Waals surface area contributed by atoms with E-state index in [1.165, 1.54) is 4.88 Å². The molecule has 0 unspecified atom stereocenters. The highest BCUT2D eigenvalue weighted by Crippen LogP contribution is 2.22. The van der Waals surface area contributed by atoms with Crippen LogP contribution in [0.2, 0.25) is 0 Å². The number of ketones is 1. The zero-order valence-electron chi connectivity index (χ0n) is 13.1. The lowest BCUT2D eigenvalue weighted by Crippen LogP contribution is -2.30. The molecule has 21 heavy (non-hydrogen) atoms. The summed E-state index contributed by atoms with van der Waals surface area (Å²) >= 11 is 1.70. The van der Waals surface area contributed by atoms with Gasteiger partial charge in [0, 0.05) is 27.5 Å². The Labute approximate surface area is 131 Å². The fourth-order valence-electron chi connectivity index (χ4n) is 2.45. The van der Waals surface area contributed by atoms with Crippen molar-refractivity contribution < 1.29 is 4.79 Å². The Kier molecular flexibility index (Phi) is 5.57. The summed E-state index contributed by atoms with van der Waals surface area (Å²) in [6.07, 6.45) is 2.23. The zero-order valence-corrected chi connectivity index (χ0v) is 13.9. The molecule has 0 saturated heterocycles. The Hall–Kier alpha value is -1.61. The number of unbranched alkanes of at least 4 members (excludes halogenated alkanes) is 1. The maximum atomic E-state index is 12.6. The molecule has 0 fully saturated rings. The molecule has 0 aliphatic rings. The summed E-state index contributed by atoms with van der Waals surface area (Å²) in [5.74, 6) is 0.219. The molecular formula is C18H23NOS. The third kappa shape index (κ3) is 4.18. The predicted molar refractivity (Wildman–Crippen MR) is 91.7 cm³/mol. The van der Waals surface area contributed by atoms with Crippen molar-refractivity contribution in [2.75, 3.05) is 18.0 Å². The lowest BCUT2D eigenvalue weighted by Gasteiger charge is -2.24. The Morgan fingerprint density at radius 2 is 1.90 bits per heavy atom. The zero-order chi connectivity index (χ0) is 15.2. The lowest BCUT2D eigenvalue weighted by atomic mass is 10.1. The Morgan fingerprint density at radius 1 is 1.19 bits per heavy atom. The van der Waals surface area contributed by atoms with Crippen LogP contribution in [0, 0.1) is 13.8 Å². The molecule has 0 spiro atoms. The van der Waals surface area contributed by atoms with Crippen LogP contribution in [0.4, 0.5) is 5.69 Å². The molecule has 0 saturated carbocycles. The minimum atomic E-state index is 0.219. The molecule has 1 aromatic heterocycles. The number of Topliss-reactive ketones (excluding diaryl/α,β-unsaturated/α-hetero) is 1. The van der Waals surface area contributed by atoms with E-state index in [2.05, 4.69) is 30.9 Å². The molecule has 0 N–H and O–H groups in total. The highest BCUT2D eigenvalue weighted by molar-refractivity contribution is 7.12. The molecule has 112 valence electrons. The van der Waals surface area contributed by atoms with Crippen LogP contribution in [-0.2, 0) is 0 Å². The number of hydrogen-bond donors (Lipinski definition) is 0. The maximum absolute atomic E-state index is 12.6. The minimum absolute atomic E-state index is 0.219. The molecule has 2 aromatic rings. The van der Waals surface area contributed by atoms with Crippen LogP contribution in [0.5, 0.6) is 0 Å². The largest absolute Gasteiger partial charge is 0.364 e. The number of para-hydroxylation sites is 1. The molecule has 1 aromatic carbocycles. The second-order valence-corrected chi connectivity index (χ2v) is 6.82. The van der Waals surface area contributed by atoms with Crippen LogP contribution in [0.3, 0.4) is 0 Å². The van der Waals surface area contributed by atoms with Crippen molar-refractivity contribution in [1.29, 1.82) is 0 Å². The molecule has 2 nitrogen and oxygen atoms in total. The third-order valence-electron chi connectivity index (χ3n) is 3.58. The molecule has 0 atom stereocenters. The number of anilines is 1. The minimum Gasteiger partial charge on any atom is -0.364 e. The van der Waals surface area contributed by atoms with E-state index < -0.39 is 0 Å². The number of carbonyl (C=O) groups excluding carboxylic acids is 1. The van der Waals surface area contributed by atoms with Gasteiger partial charge in [0.1, 0.15) is 0 Å². The molecule has 1 heterocycles. The Balaban J connectivity index is 2.15. The first-order valence-electron chi connectivity index (χ1n) is 7.52. The monoisotopic (exact) mass is 301 g/mol. The molecule has 0 aliphatic heterocycles. The molecule has 0 radical (unpaired) electrons. The van der Waals surface area contributed by atoms with E-state index in [1.807, 2.05) is 31.2 Å². The van der Waals surface area contributed by atoms with Crippen molar-refractivity contribution >= 4 is 22.8 Å². The van der Waals surface area contributed by atoms with Crippen molar-refractivity contribution in [3.8, 4) is 0 Å². The van der Waals surface area contributed by atoms with Gasteiger partial charge >= 0.3 is 0 Å². The average Bonchev–Trinajstić information content (AvgIpc) is 2.83. The van der Waals surface area contributed by atoms with Crippen LogP contribution in [0.25, 0.3) is 0 Å². The second-order valence-electron chi connectivity index (χ2n) is 5.36. The van der Waals surface area contributed by atoms with Gasteiger partial charge in [-0.2, -0.15) is 0 Å². The first kappa shape index (κ1) is 15.8. The van der Waals surface area contributed by atoms with Gasteiger partial charge in [0.05, 0.1) is 6.54 Å². The topological polar surface area (TPSA) is 20.3 Å². The van der Waals surface area contributed by atoms with E-state index in [9.17, 15) is 4.79 Å². The van der Waals surface area contributed by atoms with E-state index in [0.717, 1.165) is 35.5 Å². The van der Waals surface area contributed by atoms with Gasteiger partial charge in [-0.3, -0.25) is 4.79 Å². The van der Waals surface area contributed by atoms with E-state index >= 15 is 0 Å². The summed E-state index contributed by atoms with van der Waals surface area (Å²) in [4.78, 5) is 17.1. The van der Waals surface area contributed by atoms with Gasteiger partial charge in [-0.15, -0.1) is 11.3 Å². The molecule has 3 heteroatoms. The van der Waals surface area contributed by atoms with E-state index in [0.29, 0.717) is 6.54 Å². The van der Waals surface area contributed by atoms with Crippen LogP contribution in [0.15, 0.2) is 36.4 Å². The predicted octanol–water partition coefficient (Wildman–Crippen LogP) is 4.85. The normalized spacial score (nSPS) is 10.6. The number of nitrogens with zero attached hydrogens (tertiary/aromatic N) is 1. The summed E-state index contributed by atoms with van der Waals surface area (Å²) in [5, 5.41) is 0. The van der Waals surface area contributed by atoms with E-state index in [-0.39, 0.29) is 5.78 Å². The van der Waals surface area contributed by atoms with E-state index in [1.54, 1.807) is 11.3 Å². The summed E-state index contributed by atoms with van der Waals surface area (Å²) in [5.41, 5.74) is 2.01. The lowest BCUT2D eigenvalue weighted by molar-refractivity contribution is 0.0999. The van der Waals surface area contributed by atoms with Gasteiger partial charge in [0.2, 0.25) is 0 Å². The molecule has 0 amide bonds. The third-order valence-corrected chi connectivity index (χ3v) is 4.54. The SMILES string of the molecule is CCCCN(CC(=O)c1cc(C)sc1C)c1ccccc1. The number of benzene rings is 1. The quantitative estimate of drug-likeness (QED) is 0.681. The Morgan fingerprint density at radius 3 is 2.48 bits per heavy atom. The van der Waals surface area contributed by atoms with Gasteiger partial charge in [-0.05, 0) is 38.5 Å². The summed E-state index contributed by atoms with van der Waals surface area (Å²) in [6.45, 7) is 7.65. The molecule has 0 aliphatic carbocycles. The van der Waals surface area contributed by atoms with Crippen molar-refractivity contribution in [3.05, 3.63) is 51.7 Å². The van der Waals surface area contributed by atoms with Crippen molar-refractivity contribution in [2.45, 2.75) is 33.6 Å². The van der Waals surface area contributed by atoms with E-state index in [4.69, 9.17) is 0 Å². The highest BCUT2D eigenvalue weighted by atomic mass is 32.1. The van der Waals surface area contributed by atoms with Gasteiger partial charge < -0.3 is 4.90 Å². The first-order chi connectivity index (χ1) is 10.1. The van der Waals surface area contributed by atoms with Crippen LogP contribution in [0.1, 0.15) is 39.9 Å².